The molecule has 0 amide bonds. The summed E-state index contributed by atoms with van der Waals surface area (Å²) in [5.41, 5.74) is 0. The molecule has 0 aliphatic rings. The molecular weight excluding hydrogens is 200 g/mol. The summed E-state index contributed by atoms with van der Waals surface area (Å²) in [4.78, 5) is 10.7. The van der Waals surface area contributed by atoms with Crippen molar-refractivity contribution >= 4 is 43.9 Å². The van der Waals surface area contributed by atoms with Gasteiger partial charge in [-0.15, -0.1) is 0 Å². The standard InChI is InChI=1S/C6H12O2S3/c7-6(1-2-9)8-3-5(11)4-10/h5,9-11H,1-4H2. The van der Waals surface area contributed by atoms with Crippen LogP contribution < -0.4 is 0 Å². The van der Waals surface area contributed by atoms with Gasteiger partial charge in [0.05, 0.1) is 6.42 Å². The summed E-state index contributed by atoms with van der Waals surface area (Å²) in [5, 5.41) is 0.0298. The fraction of sp³-hybridized carbons (Fsp3) is 0.833. The minimum atomic E-state index is -0.221. The minimum absolute atomic E-state index is 0.0298. The van der Waals surface area contributed by atoms with Gasteiger partial charge in [0, 0.05) is 16.8 Å². The third-order valence-corrected chi connectivity index (χ3v) is 2.25. The second-order valence-corrected chi connectivity index (χ2v) is 3.54. The van der Waals surface area contributed by atoms with E-state index in [1.54, 1.807) is 0 Å². The zero-order valence-electron chi connectivity index (χ0n) is 6.06. The second-order valence-electron chi connectivity index (χ2n) is 1.99. The van der Waals surface area contributed by atoms with Crippen molar-refractivity contribution in [3.63, 3.8) is 0 Å². The van der Waals surface area contributed by atoms with Gasteiger partial charge in [0.15, 0.2) is 0 Å². The highest BCUT2D eigenvalue weighted by molar-refractivity contribution is 7.84. The molecule has 0 spiro atoms. The van der Waals surface area contributed by atoms with Crippen LogP contribution in [0.1, 0.15) is 6.42 Å². The smallest absolute Gasteiger partial charge is 0.306 e. The molecule has 0 aromatic carbocycles. The molecule has 0 aromatic rings. The molecule has 0 aliphatic carbocycles. The quantitative estimate of drug-likeness (QED) is 0.470. The van der Waals surface area contributed by atoms with Crippen molar-refractivity contribution in [1.82, 2.24) is 0 Å². The Morgan fingerprint density at radius 3 is 2.55 bits per heavy atom. The van der Waals surface area contributed by atoms with Crippen LogP contribution in [0.25, 0.3) is 0 Å². The maximum atomic E-state index is 10.7. The maximum absolute atomic E-state index is 10.7. The van der Waals surface area contributed by atoms with Crippen molar-refractivity contribution in [1.29, 1.82) is 0 Å². The van der Waals surface area contributed by atoms with Crippen LogP contribution in [0.5, 0.6) is 0 Å². The van der Waals surface area contributed by atoms with Gasteiger partial charge in [0.1, 0.15) is 6.61 Å². The molecule has 0 fully saturated rings. The van der Waals surface area contributed by atoms with E-state index in [1.165, 1.54) is 0 Å². The normalized spacial score (nSPS) is 12.6. The Morgan fingerprint density at radius 1 is 1.45 bits per heavy atom. The zero-order valence-corrected chi connectivity index (χ0v) is 8.75. The van der Waals surface area contributed by atoms with Gasteiger partial charge in [-0.1, -0.05) is 0 Å². The lowest BCUT2D eigenvalue weighted by atomic mass is 10.5. The van der Waals surface area contributed by atoms with Gasteiger partial charge in [0.25, 0.3) is 0 Å². The molecule has 5 heteroatoms. The van der Waals surface area contributed by atoms with E-state index in [9.17, 15) is 4.79 Å². The van der Waals surface area contributed by atoms with E-state index in [-0.39, 0.29) is 11.2 Å². The predicted molar refractivity (Wildman–Crippen MR) is 56.1 cm³/mol. The van der Waals surface area contributed by atoms with Crippen LogP contribution in [-0.4, -0.2) is 29.3 Å². The average molecular weight is 212 g/mol. The first kappa shape index (κ1) is 11.5. The van der Waals surface area contributed by atoms with Crippen molar-refractivity contribution in [2.24, 2.45) is 0 Å². The number of rotatable bonds is 5. The third-order valence-electron chi connectivity index (χ3n) is 0.963. The van der Waals surface area contributed by atoms with E-state index in [1.807, 2.05) is 0 Å². The SMILES string of the molecule is O=C(CCS)OCC(S)CS. The summed E-state index contributed by atoms with van der Waals surface area (Å²) in [7, 11) is 0. The van der Waals surface area contributed by atoms with Gasteiger partial charge < -0.3 is 4.74 Å². The minimum Gasteiger partial charge on any atom is -0.464 e. The average Bonchev–Trinajstić information content (AvgIpc) is 2.01. The first-order chi connectivity index (χ1) is 5.20. The number of thiol groups is 3. The summed E-state index contributed by atoms with van der Waals surface area (Å²) in [6.07, 6.45) is 0.357. The van der Waals surface area contributed by atoms with Gasteiger partial charge in [-0.25, -0.2) is 0 Å². The molecular formula is C6H12O2S3. The number of hydrogen-bond acceptors (Lipinski definition) is 5. The van der Waals surface area contributed by atoms with Gasteiger partial charge in [0.2, 0.25) is 0 Å². The summed E-state index contributed by atoms with van der Waals surface area (Å²) in [5.74, 6) is 0.912. The Morgan fingerprint density at radius 2 is 2.09 bits per heavy atom. The molecule has 0 bridgehead atoms. The summed E-state index contributed by atoms with van der Waals surface area (Å²) in [6, 6.07) is 0. The largest absolute Gasteiger partial charge is 0.464 e. The number of carbonyl (C=O) groups is 1. The van der Waals surface area contributed by atoms with Crippen LogP contribution in [0.4, 0.5) is 0 Å². The first-order valence-corrected chi connectivity index (χ1v) is 5.04. The topological polar surface area (TPSA) is 26.3 Å². The van der Waals surface area contributed by atoms with E-state index in [0.717, 1.165) is 0 Å². The molecule has 0 N–H and O–H groups in total. The Balaban J connectivity index is 3.30. The highest BCUT2D eigenvalue weighted by Gasteiger charge is 2.04. The monoisotopic (exact) mass is 212 g/mol. The van der Waals surface area contributed by atoms with E-state index < -0.39 is 0 Å². The number of esters is 1. The van der Waals surface area contributed by atoms with Crippen molar-refractivity contribution in [3.05, 3.63) is 0 Å². The Bertz CT molecular complexity index is 118. The zero-order chi connectivity index (χ0) is 8.69. The fourth-order valence-electron chi connectivity index (χ4n) is 0.405. The highest BCUT2D eigenvalue weighted by atomic mass is 32.1. The number of carbonyl (C=O) groups excluding carboxylic acids is 1. The lowest BCUT2D eigenvalue weighted by Crippen LogP contribution is -2.15. The lowest BCUT2D eigenvalue weighted by molar-refractivity contribution is -0.142. The maximum Gasteiger partial charge on any atom is 0.306 e. The molecule has 0 aliphatic heterocycles. The molecule has 0 radical (unpaired) electrons. The van der Waals surface area contributed by atoms with Crippen molar-refractivity contribution in [2.45, 2.75) is 11.7 Å². The van der Waals surface area contributed by atoms with E-state index >= 15 is 0 Å². The molecule has 0 rings (SSSR count). The number of ether oxygens (including phenoxy) is 1. The molecule has 0 saturated carbocycles. The van der Waals surface area contributed by atoms with Crippen LogP contribution >= 0.6 is 37.9 Å². The Kier molecular flexibility index (Phi) is 7.52. The predicted octanol–water partition coefficient (Wildman–Crippen LogP) is 1.08. The molecule has 2 nitrogen and oxygen atoms in total. The van der Waals surface area contributed by atoms with Crippen molar-refractivity contribution < 1.29 is 9.53 Å². The van der Waals surface area contributed by atoms with Gasteiger partial charge in [-0.3, -0.25) is 4.79 Å². The third kappa shape index (κ3) is 6.90. The van der Waals surface area contributed by atoms with E-state index in [2.05, 4.69) is 37.9 Å². The molecule has 0 aromatic heterocycles. The lowest BCUT2D eigenvalue weighted by Gasteiger charge is -2.07. The van der Waals surface area contributed by atoms with Crippen LogP contribution in [0.3, 0.4) is 0 Å². The molecule has 1 unspecified atom stereocenters. The van der Waals surface area contributed by atoms with Crippen LogP contribution in [0.15, 0.2) is 0 Å². The van der Waals surface area contributed by atoms with Crippen molar-refractivity contribution in [3.8, 4) is 0 Å². The molecule has 1 atom stereocenters. The molecule has 66 valence electrons. The molecule has 0 saturated heterocycles. The van der Waals surface area contributed by atoms with Crippen LogP contribution in [0.2, 0.25) is 0 Å². The fourth-order valence-corrected chi connectivity index (χ4v) is 0.768. The summed E-state index contributed by atoms with van der Waals surface area (Å²) in [6.45, 7) is 0.333. The highest BCUT2D eigenvalue weighted by Crippen LogP contribution is 1.99. The van der Waals surface area contributed by atoms with E-state index in [4.69, 9.17) is 4.74 Å². The van der Waals surface area contributed by atoms with Gasteiger partial charge >= 0.3 is 5.97 Å². The number of hydrogen-bond donors (Lipinski definition) is 3. The molecule has 0 heterocycles. The summed E-state index contributed by atoms with van der Waals surface area (Å²) < 4.78 is 4.82. The second kappa shape index (κ2) is 7.18. The van der Waals surface area contributed by atoms with Crippen LogP contribution in [0, 0.1) is 0 Å². The van der Waals surface area contributed by atoms with E-state index in [0.29, 0.717) is 24.5 Å². The Hall–Kier alpha value is 0.520. The Labute approximate surface area is 83.3 Å². The first-order valence-electron chi connectivity index (χ1n) is 3.26. The summed E-state index contributed by atoms with van der Waals surface area (Å²) >= 11 is 12.0. The van der Waals surface area contributed by atoms with Crippen LogP contribution in [-0.2, 0) is 9.53 Å². The van der Waals surface area contributed by atoms with Gasteiger partial charge in [-0.2, -0.15) is 37.9 Å². The van der Waals surface area contributed by atoms with Gasteiger partial charge in [-0.05, 0) is 0 Å². The van der Waals surface area contributed by atoms with Crippen molar-refractivity contribution in [2.75, 3.05) is 18.1 Å². The molecule has 11 heavy (non-hydrogen) atoms.